The van der Waals surface area contributed by atoms with Crippen LogP contribution >= 0.6 is 0 Å². The molecule has 116 valence electrons. The number of fused-ring (bicyclic) bond motifs is 1. The van der Waals surface area contributed by atoms with Gasteiger partial charge < -0.3 is 14.7 Å². The van der Waals surface area contributed by atoms with Crippen molar-refractivity contribution in [1.82, 2.24) is 15.1 Å². The Balaban J connectivity index is 1.76. The molecule has 0 saturated carbocycles. The zero-order valence-electron chi connectivity index (χ0n) is 12.2. The van der Waals surface area contributed by atoms with Gasteiger partial charge in [-0.3, -0.25) is 5.10 Å². The van der Waals surface area contributed by atoms with E-state index in [9.17, 15) is 9.59 Å². The summed E-state index contributed by atoms with van der Waals surface area (Å²) in [7, 11) is 0. The number of hydrogen-bond acceptors (Lipinski definition) is 4. The Bertz CT molecular complexity index is 717. The Morgan fingerprint density at radius 3 is 2.77 bits per heavy atom. The number of aromatic carboxylic acids is 1. The first-order chi connectivity index (χ1) is 10.5. The average molecular weight is 303 g/mol. The Morgan fingerprint density at radius 2 is 2.09 bits per heavy atom. The van der Waals surface area contributed by atoms with Gasteiger partial charge in [-0.1, -0.05) is 6.92 Å². The monoisotopic (exact) mass is 303 g/mol. The number of amides is 1. The lowest BCUT2D eigenvalue weighted by Gasteiger charge is -2.29. The van der Waals surface area contributed by atoms with Gasteiger partial charge in [0.15, 0.2) is 0 Å². The van der Waals surface area contributed by atoms with E-state index in [1.807, 2.05) is 0 Å². The molecule has 1 saturated heterocycles. The lowest BCUT2D eigenvalue weighted by atomic mass is 10.00. The molecule has 1 fully saturated rings. The molecule has 0 atom stereocenters. The van der Waals surface area contributed by atoms with Gasteiger partial charge in [0, 0.05) is 13.1 Å². The van der Waals surface area contributed by atoms with Gasteiger partial charge in [-0.05, 0) is 37.0 Å². The van der Waals surface area contributed by atoms with Gasteiger partial charge in [0.05, 0.1) is 16.5 Å². The lowest BCUT2D eigenvalue weighted by Crippen LogP contribution is -2.39. The molecule has 3 rings (SSSR count). The van der Waals surface area contributed by atoms with Gasteiger partial charge in [-0.15, -0.1) is 5.10 Å². The van der Waals surface area contributed by atoms with E-state index < -0.39 is 12.1 Å². The van der Waals surface area contributed by atoms with E-state index in [4.69, 9.17) is 9.84 Å². The highest BCUT2D eigenvalue weighted by Crippen LogP contribution is 2.25. The number of nitrogens with one attached hydrogen (secondary N) is 1. The van der Waals surface area contributed by atoms with Crippen LogP contribution in [0.1, 0.15) is 30.1 Å². The van der Waals surface area contributed by atoms with Crippen LogP contribution in [0.3, 0.4) is 0 Å². The van der Waals surface area contributed by atoms with Crippen molar-refractivity contribution in [2.75, 3.05) is 13.1 Å². The minimum Gasteiger partial charge on any atom is -0.478 e. The van der Waals surface area contributed by atoms with Gasteiger partial charge in [-0.25, -0.2) is 9.59 Å². The van der Waals surface area contributed by atoms with Crippen LogP contribution in [0, 0.1) is 5.92 Å². The zero-order valence-corrected chi connectivity index (χ0v) is 12.2. The molecule has 1 aromatic heterocycles. The largest absolute Gasteiger partial charge is 0.478 e. The predicted molar refractivity (Wildman–Crippen MR) is 79.0 cm³/mol. The first-order valence-electron chi connectivity index (χ1n) is 7.23. The molecule has 7 nitrogen and oxygen atoms in total. The number of benzene rings is 1. The molecular weight excluding hydrogens is 286 g/mol. The summed E-state index contributed by atoms with van der Waals surface area (Å²) in [6.07, 6.45) is 1.53. The summed E-state index contributed by atoms with van der Waals surface area (Å²) in [5, 5.41) is 16.2. The normalized spacial score (nSPS) is 16.0. The number of carbonyl (C=O) groups is 2. The summed E-state index contributed by atoms with van der Waals surface area (Å²) >= 11 is 0. The number of rotatable bonds is 2. The van der Waals surface area contributed by atoms with Crippen molar-refractivity contribution in [2.45, 2.75) is 19.8 Å². The van der Waals surface area contributed by atoms with E-state index in [1.54, 1.807) is 11.0 Å². The van der Waals surface area contributed by atoms with Crippen molar-refractivity contribution in [2.24, 2.45) is 5.92 Å². The molecule has 1 aliphatic rings. The highest BCUT2D eigenvalue weighted by molar-refractivity contribution is 5.95. The third-order valence-electron chi connectivity index (χ3n) is 4.00. The fourth-order valence-corrected chi connectivity index (χ4v) is 2.54. The number of aromatic nitrogens is 2. The van der Waals surface area contributed by atoms with E-state index in [0.717, 1.165) is 12.8 Å². The maximum Gasteiger partial charge on any atom is 0.416 e. The summed E-state index contributed by atoms with van der Waals surface area (Å²) < 4.78 is 5.34. The van der Waals surface area contributed by atoms with Crippen molar-refractivity contribution < 1.29 is 19.4 Å². The SMILES string of the molecule is CC1CCN(C(=O)Oc2n[nH]c3cc(C(=O)O)ccc23)CC1. The number of carboxylic acid groups (broad SMARTS) is 1. The van der Waals surface area contributed by atoms with Crippen molar-refractivity contribution in [3.05, 3.63) is 23.8 Å². The molecule has 2 N–H and O–H groups in total. The van der Waals surface area contributed by atoms with Gasteiger partial charge in [0.1, 0.15) is 0 Å². The molecule has 2 heterocycles. The molecule has 7 heteroatoms. The smallest absolute Gasteiger partial charge is 0.416 e. The number of nitrogens with zero attached hydrogens (tertiary/aromatic N) is 2. The van der Waals surface area contributed by atoms with Crippen molar-refractivity contribution in [3.63, 3.8) is 0 Å². The number of carboxylic acids is 1. The predicted octanol–water partition coefficient (Wildman–Crippen LogP) is 2.49. The Morgan fingerprint density at radius 1 is 1.36 bits per heavy atom. The molecule has 0 spiro atoms. The minimum absolute atomic E-state index is 0.152. The number of carbonyl (C=O) groups excluding carboxylic acids is 1. The maximum atomic E-state index is 12.1. The molecule has 0 aliphatic carbocycles. The summed E-state index contributed by atoms with van der Waals surface area (Å²) in [4.78, 5) is 24.8. The zero-order chi connectivity index (χ0) is 15.7. The van der Waals surface area contributed by atoms with Crippen molar-refractivity contribution >= 4 is 23.0 Å². The van der Waals surface area contributed by atoms with Crippen LogP contribution in [0.25, 0.3) is 10.9 Å². The standard InChI is InChI=1S/C15H17N3O4/c1-9-4-6-18(7-5-9)15(21)22-13-11-3-2-10(14(19)20)8-12(11)16-17-13/h2-3,8-9H,4-7H2,1H3,(H,16,17)(H,19,20). The first-order valence-corrected chi connectivity index (χ1v) is 7.23. The second-order valence-corrected chi connectivity index (χ2v) is 5.63. The van der Waals surface area contributed by atoms with Crippen LogP contribution in [0.15, 0.2) is 18.2 Å². The number of H-pyrrole nitrogens is 1. The Hall–Kier alpha value is -2.57. The van der Waals surface area contributed by atoms with Crippen LogP contribution < -0.4 is 4.74 Å². The number of piperidine rings is 1. The molecule has 2 aromatic rings. The van der Waals surface area contributed by atoms with Crippen LogP contribution in [0.4, 0.5) is 4.79 Å². The molecule has 0 bridgehead atoms. The lowest BCUT2D eigenvalue weighted by molar-refractivity contribution is 0.0697. The molecule has 22 heavy (non-hydrogen) atoms. The maximum absolute atomic E-state index is 12.1. The molecule has 1 aliphatic heterocycles. The number of aromatic amines is 1. The van der Waals surface area contributed by atoms with E-state index in [-0.39, 0.29) is 11.4 Å². The van der Waals surface area contributed by atoms with E-state index in [2.05, 4.69) is 17.1 Å². The average Bonchev–Trinajstić information content (AvgIpc) is 2.90. The second kappa shape index (κ2) is 5.67. The highest BCUT2D eigenvalue weighted by Gasteiger charge is 2.23. The summed E-state index contributed by atoms with van der Waals surface area (Å²) in [5.41, 5.74) is 0.675. The molecule has 1 aromatic carbocycles. The van der Waals surface area contributed by atoms with Crippen molar-refractivity contribution in [3.8, 4) is 5.88 Å². The first kappa shape index (κ1) is 14.4. The summed E-state index contributed by atoms with van der Waals surface area (Å²) in [5.74, 6) is -0.210. The van der Waals surface area contributed by atoms with Crippen LogP contribution in [-0.4, -0.2) is 45.4 Å². The number of hydrogen-bond donors (Lipinski definition) is 2. The van der Waals surface area contributed by atoms with Crippen molar-refractivity contribution in [1.29, 1.82) is 0 Å². The highest BCUT2D eigenvalue weighted by atomic mass is 16.6. The minimum atomic E-state index is -1.02. The van der Waals surface area contributed by atoms with E-state index in [1.165, 1.54) is 12.1 Å². The molecule has 0 radical (unpaired) electrons. The van der Waals surface area contributed by atoms with Gasteiger partial charge in [0.2, 0.25) is 0 Å². The second-order valence-electron chi connectivity index (χ2n) is 5.63. The topological polar surface area (TPSA) is 95.5 Å². The fourth-order valence-electron chi connectivity index (χ4n) is 2.54. The third kappa shape index (κ3) is 2.74. The quantitative estimate of drug-likeness (QED) is 0.888. The van der Waals surface area contributed by atoms with Gasteiger partial charge in [-0.2, -0.15) is 0 Å². The Labute approximate surface area is 126 Å². The third-order valence-corrected chi connectivity index (χ3v) is 4.00. The van der Waals surface area contributed by atoms with Gasteiger partial charge in [0.25, 0.3) is 5.88 Å². The van der Waals surface area contributed by atoms with E-state index >= 15 is 0 Å². The van der Waals surface area contributed by atoms with Crippen LogP contribution in [-0.2, 0) is 0 Å². The number of likely N-dealkylation sites (tertiary alicyclic amines) is 1. The van der Waals surface area contributed by atoms with E-state index in [0.29, 0.717) is 29.9 Å². The van der Waals surface area contributed by atoms with Crippen LogP contribution in [0.2, 0.25) is 0 Å². The number of ether oxygens (including phenoxy) is 1. The fraction of sp³-hybridized carbons (Fsp3) is 0.400. The Kier molecular flexibility index (Phi) is 3.70. The molecule has 0 unspecified atom stereocenters. The molecular formula is C15H17N3O4. The van der Waals surface area contributed by atoms with Gasteiger partial charge >= 0.3 is 12.1 Å². The summed E-state index contributed by atoms with van der Waals surface area (Å²) in [6.45, 7) is 3.54. The molecule has 1 amide bonds. The summed E-state index contributed by atoms with van der Waals surface area (Å²) in [6, 6.07) is 4.51. The van der Waals surface area contributed by atoms with Crippen LogP contribution in [0.5, 0.6) is 5.88 Å².